The van der Waals surface area contributed by atoms with Crippen molar-refractivity contribution in [2.75, 3.05) is 0 Å². The van der Waals surface area contributed by atoms with Crippen molar-refractivity contribution >= 4 is 36.2 Å². The minimum absolute atomic E-state index is 0.629. The van der Waals surface area contributed by atoms with Crippen molar-refractivity contribution < 1.29 is 9.47 Å². The third-order valence-electron chi connectivity index (χ3n) is 2.78. The van der Waals surface area contributed by atoms with E-state index in [0.717, 1.165) is 10.4 Å². The van der Waals surface area contributed by atoms with E-state index in [4.69, 9.17) is 9.47 Å². The van der Waals surface area contributed by atoms with Crippen molar-refractivity contribution in [3.63, 3.8) is 0 Å². The maximum atomic E-state index is 5.45. The molecule has 0 spiro atoms. The van der Waals surface area contributed by atoms with Crippen LogP contribution in [0.2, 0.25) is 0 Å². The van der Waals surface area contributed by atoms with E-state index < -0.39 is 0 Å². The van der Waals surface area contributed by atoms with Crippen LogP contribution in [0.1, 0.15) is 0 Å². The van der Waals surface area contributed by atoms with Crippen molar-refractivity contribution in [1.82, 2.24) is 9.97 Å². The molecule has 86 valence electrons. The molecule has 2 aliphatic rings. The lowest BCUT2D eigenvalue weighted by molar-refractivity contribution is 0.551. The zero-order valence-electron chi connectivity index (χ0n) is 9.07. The van der Waals surface area contributed by atoms with E-state index in [1.807, 2.05) is 0 Å². The number of benzene rings is 1. The zero-order valence-corrected chi connectivity index (χ0v) is 9.07. The van der Waals surface area contributed by atoms with Gasteiger partial charge in [-0.2, -0.15) is 0 Å². The number of hydrogen-bond donors (Lipinski definition) is 0. The lowest BCUT2D eigenvalue weighted by atomic mass is 10.1. The van der Waals surface area contributed by atoms with Crippen LogP contribution in [0.15, 0.2) is 22.4 Å². The second kappa shape index (κ2) is 3.36. The number of aliphatic imine (C=N–C) groups is 2. The molecule has 2 aromatic rings. The molecule has 0 radical (unpaired) electrons. The van der Waals surface area contributed by atoms with Gasteiger partial charge in [0, 0.05) is 24.8 Å². The molecule has 0 atom stereocenters. The number of ether oxygens (including phenoxy) is 2. The van der Waals surface area contributed by atoms with Crippen LogP contribution in [0.5, 0.6) is 11.5 Å². The molecule has 2 aliphatic heterocycles. The van der Waals surface area contributed by atoms with E-state index >= 15 is 0 Å². The van der Waals surface area contributed by atoms with Gasteiger partial charge in [0.15, 0.2) is 24.3 Å². The predicted molar refractivity (Wildman–Crippen MR) is 66.0 cm³/mol. The summed E-state index contributed by atoms with van der Waals surface area (Å²) in [6.45, 7) is 0. The molecule has 0 saturated carbocycles. The fourth-order valence-electron chi connectivity index (χ4n) is 2.04. The van der Waals surface area contributed by atoms with Crippen molar-refractivity contribution in [2.24, 2.45) is 9.98 Å². The summed E-state index contributed by atoms with van der Waals surface area (Å²) in [5.41, 5.74) is 1.30. The van der Waals surface area contributed by atoms with E-state index in [1.165, 1.54) is 12.8 Å². The molecular weight excluding hydrogens is 232 g/mol. The molecule has 0 aliphatic carbocycles. The lowest BCUT2D eigenvalue weighted by Crippen LogP contribution is -2.32. The maximum absolute atomic E-state index is 5.45. The summed E-state index contributed by atoms with van der Waals surface area (Å²) in [5.74, 6) is 1.26. The molecule has 4 rings (SSSR count). The first kappa shape index (κ1) is 9.29. The quantitative estimate of drug-likeness (QED) is 0.645. The molecule has 18 heavy (non-hydrogen) atoms. The van der Waals surface area contributed by atoms with Crippen LogP contribution in [0, 0.1) is 0 Å². The van der Waals surface area contributed by atoms with Crippen LogP contribution in [0.4, 0.5) is 0 Å². The molecule has 6 nitrogen and oxygen atoms in total. The summed E-state index contributed by atoms with van der Waals surface area (Å²) in [7, 11) is 0. The average Bonchev–Trinajstić information content (AvgIpc) is 2.48. The van der Waals surface area contributed by atoms with Gasteiger partial charge in [-0.25, -0.2) is 20.0 Å². The first-order chi connectivity index (χ1) is 8.95. The van der Waals surface area contributed by atoms with E-state index in [1.54, 1.807) is 24.8 Å². The Bertz CT molecular complexity index is 769. The highest BCUT2D eigenvalue weighted by atomic mass is 16.5. The molecule has 1 aromatic heterocycles. The minimum Gasteiger partial charge on any atom is -0.443 e. The Morgan fingerprint density at radius 2 is 1.22 bits per heavy atom. The lowest BCUT2D eigenvalue weighted by Gasteiger charge is -2.13. The molecule has 1 aromatic carbocycles. The molecule has 0 unspecified atom stereocenters. The van der Waals surface area contributed by atoms with E-state index in [2.05, 4.69) is 20.0 Å². The molecule has 6 heteroatoms. The number of nitrogens with zero attached hydrogens (tertiary/aromatic N) is 4. The van der Waals surface area contributed by atoms with Gasteiger partial charge in [-0.05, 0) is 0 Å². The van der Waals surface area contributed by atoms with Crippen LogP contribution in [0.3, 0.4) is 0 Å². The maximum Gasteiger partial charge on any atom is 0.181 e. The minimum atomic E-state index is 0.629. The molecule has 0 fully saturated rings. The standard InChI is InChI=1S/C12H6N4O2/c1-2-16-10-9(15-1)11-7(3-13-5-17-11)8-4-14-6-18-12(8)10/h1-6H. The van der Waals surface area contributed by atoms with Gasteiger partial charge in [0.25, 0.3) is 0 Å². The third-order valence-corrected chi connectivity index (χ3v) is 2.78. The van der Waals surface area contributed by atoms with Gasteiger partial charge in [0.1, 0.15) is 11.0 Å². The van der Waals surface area contributed by atoms with E-state index in [0.29, 0.717) is 22.5 Å². The van der Waals surface area contributed by atoms with E-state index in [9.17, 15) is 0 Å². The second-order valence-corrected chi connectivity index (χ2v) is 3.74. The SMILES string of the molecule is C1=NC=c2c(c3nccnc3c3c2=CN=CO3)O1. The molecule has 0 amide bonds. The Labute approximate surface area is 101 Å². The summed E-state index contributed by atoms with van der Waals surface area (Å²) in [4.78, 5) is 16.6. The number of fused-ring (bicyclic) bond motifs is 6. The Kier molecular flexibility index (Phi) is 1.74. The zero-order chi connectivity index (χ0) is 11.9. The van der Waals surface area contributed by atoms with Gasteiger partial charge in [-0.1, -0.05) is 0 Å². The smallest absolute Gasteiger partial charge is 0.181 e. The number of rotatable bonds is 0. The largest absolute Gasteiger partial charge is 0.443 e. The molecule has 0 saturated heterocycles. The Morgan fingerprint density at radius 1 is 0.722 bits per heavy atom. The number of hydrogen-bond acceptors (Lipinski definition) is 6. The Balaban J connectivity index is 2.34. The summed E-state index contributed by atoms with van der Waals surface area (Å²) < 4.78 is 10.9. The topological polar surface area (TPSA) is 69.0 Å². The van der Waals surface area contributed by atoms with Crippen molar-refractivity contribution in [1.29, 1.82) is 0 Å². The Hall–Kier alpha value is -2.76. The van der Waals surface area contributed by atoms with Gasteiger partial charge in [0.2, 0.25) is 0 Å². The highest BCUT2D eigenvalue weighted by Gasteiger charge is 2.18. The van der Waals surface area contributed by atoms with Crippen LogP contribution in [-0.4, -0.2) is 22.8 Å². The number of aromatic nitrogens is 2. The summed E-state index contributed by atoms with van der Waals surface area (Å²) in [6, 6.07) is 0. The van der Waals surface area contributed by atoms with Gasteiger partial charge < -0.3 is 9.47 Å². The van der Waals surface area contributed by atoms with Crippen molar-refractivity contribution in [2.45, 2.75) is 0 Å². The highest BCUT2D eigenvalue weighted by Crippen LogP contribution is 2.24. The molecule has 0 bridgehead atoms. The summed E-state index contributed by atoms with van der Waals surface area (Å²) in [5, 5.41) is 1.61. The Morgan fingerprint density at radius 3 is 1.72 bits per heavy atom. The fraction of sp³-hybridized carbons (Fsp3) is 0. The van der Waals surface area contributed by atoms with Crippen LogP contribution in [-0.2, 0) is 0 Å². The van der Waals surface area contributed by atoms with Crippen LogP contribution < -0.4 is 19.9 Å². The second-order valence-electron chi connectivity index (χ2n) is 3.74. The third kappa shape index (κ3) is 1.11. The fourth-order valence-corrected chi connectivity index (χ4v) is 2.04. The highest BCUT2D eigenvalue weighted by molar-refractivity contribution is 5.90. The van der Waals surface area contributed by atoms with E-state index in [-0.39, 0.29) is 0 Å². The van der Waals surface area contributed by atoms with Crippen LogP contribution >= 0.6 is 0 Å². The first-order valence-electron chi connectivity index (χ1n) is 5.29. The van der Waals surface area contributed by atoms with Crippen LogP contribution in [0.25, 0.3) is 23.4 Å². The molecule has 3 heterocycles. The molecular formula is C12H6N4O2. The predicted octanol–water partition coefficient (Wildman–Crippen LogP) is -0.0528. The van der Waals surface area contributed by atoms with Gasteiger partial charge in [-0.15, -0.1) is 0 Å². The van der Waals surface area contributed by atoms with Crippen molar-refractivity contribution in [3.8, 4) is 11.5 Å². The first-order valence-corrected chi connectivity index (χ1v) is 5.29. The van der Waals surface area contributed by atoms with Gasteiger partial charge in [-0.3, -0.25) is 0 Å². The summed E-state index contributed by atoms with van der Waals surface area (Å²) in [6.07, 6.45) is 9.38. The monoisotopic (exact) mass is 238 g/mol. The molecule has 0 N–H and O–H groups in total. The summed E-state index contributed by atoms with van der Waals surface area (Å²) >= 11 is 0. The normalized spacial score (nSPS) is 14.9. The average molecular weight is 238 g/mol. The van der Waals surface area contributed by atoms with Gasteiger partial charge in [0.05, 0.1) is 10.4 Å². The van der Waals surface area contributed by atoms with Crippen molar-refractivity contribution in [3.05, 3.63) is 22.8 Å². The van der Waals surface area contributed by atoms with Gasteiger partial charge >= 0.3 is 0 Å².